The monoisotopic (exact) mass is 532 g/mol. The Balaban J connectivity index is 1.18. The van der Waals surface area contributed by atoms with E-state index in [1.54, 1.807) is 24.3 Å². The molecule has 3 aromatic carbocycles. The van der Waals surface area contributed by atoms with Crippen molar-refractivity contribution in [1.29, 1.82) is 0 Å². The summed E-state index contributed by atoms with van der Waals surface area (Å²) in [6.07, 6.45) is -2.99. The van der Waals surface area contributed by atoms with Crippen LogP contribution >= 0.6 is 0 Å². The van der Waals surface area contributed by atoms with Crippen LogP contribution in [0.1, 0.15) is 35.4 Å². The Morgan fingerprint density at radius 1 is 0.974 bits per heavy atom. The van der Waals surface area contributed by atoms with Gasteiger partial charge in [-0.05, 0) is 61.0 Å². The first-order chi connectivity index (χ1) is 18.8. The summed E-state index contributed by atoms with van der Waals surface area (Å²) < 4.78 is 58.0. The molecule has 1 aliphatic rings. The zero-order valence-electron chi connectivity index (χ0n) is 20.8. The Hall–Kier alpha value is -4.57. The average Bonchev–Trinajstić information content (AvgIpc) is 3.46. The molecule has 39 heavy (non-hydrogen) atoms. The molecule has 1 unspecified atom stereocenters. The highest BCUT2D eigenvalue weighted by molar-refractivity contribution is 5.91. The van der Waals surface area contributed by atoms with E-state index < -0.39 is 11.7 Å². The number of rotatable bonds is 6. The van der Waals surface area contributed by atoms with Gasteiger partial charge in [-0.2, -0.15) is 13.2 Å². The van der Waals surface area contributed by atoms with Gasteiger partial charge in [-0.1, -0.05) is 18.2 Å². The number of hydrogen-bond acceptors (Lipinski definition) is 6. The van der Waals surface area contributed by atoms with Crippen molar-refractivity contribution in [3.63, 3.8) is 0 Å². The van der Waals surface area contributed by atoms with E-state index in [9.17, 15) is 13.2 Å². The van der Waals surface area contributed by atoms with Crippen LogP contribution in [-0.4, -0.2) is 14.5 Å². The summed E-state index contributed by atoms with van der Waals surface area (Å²) in [6.45, 7) is 2.57. The Morgan fingerprint density at radius 2 is 1.72 bits per heavy atom. The summed E-state index contributed by atoms with van der Waals surface area (Å²) in [5.74, 6) is 2.10. The summed E-state index contributed by atoms with van der Waals surface area (Å²) in [7, 11) is 0. The fraction of sp³-hybridized carbons (Fsp3) is 0.172. The maximum atomic E-state index is 12.8. The molecule has 0 amide bonds. The Labute approximate surface area is 221 Å². The zero-order valence-corrected chi connectivity index (χ0v) is 20.8. The summed E-state index contributed by atoms with van der Waals surface area (Å²) in [6, 6.07) is 19.5. The van der Waals surface area contributed by atoms with Gasteiger partial charge in [0.1, 0.15) is 41.2 Å². The number of nitrogens with two attached hydrogens (primary N) is 1. The Kier molecular flexibility index (Phi) is 6.11. The maximum absolute atomic E-state index is 12.8. The Morgan fingerprint density at radius 3 is 2.46 bits per heavy atom. The first-order valence-corrected chi connectivity index (χ1v) is 12.2. The summed E-state index contributed by atoms with van der Waals surface area (Å²) in [4.78, 5) is 8.65. The van der Waals surface area contributed by atoms with E-state index in [1.165, 1.54) is 18.5 Å². The van der Waals surface area contributed by atoms with E-state index in [4.69, 9.17) is 19.9 Å². The maximum Gasteiger partial charge on any atom is 0.416 e. The van der Waals surface area contributed by atoms with E-state index in [2.05, 4.69) is 9.97 Å². The van der Waals surface area contributed by atoms with E-state index in [-0.39, 0.29) is 12.7 Å². The van der Waals surface area contributed by atoms with Crippen LogP contribution in [0.2, 0.25) is 0 Å². The lowest BCUT2D eigenvalue weighted by molar-refractivity contribution is -0.137. The highest BCUT2D eigenvalue weighted by atomic mass is 19.4. The minimum Gasteiger partial charge on any atom is -0.489 e. The highest BCUT2D eigenvalue weighted by Crippen LogP contribution is 2.41. The van der Waals surface area contributed by atoms with Crippen molar-refractivity contribution in [1.82, 2.24) is 14.5 Å². The van der Waals surface area contributed by atoms with Crippen LogP contribution < -0.4 is 15.2 Å². The van der Waals surface area contributed by atoms with Gasteiger partial charge in [0, 0.05) is 17.3 Å². The van der Waals surface area contributed by atoms with Gasteiger partial charge in [0.05, 0.1) is 24.0 Å². The molecular formula is C29H23F3N4O3. The topological polar surface area (TPSA) is 84.4 Å². The van der Waals surface area contributed by atoms with Gasteiger partial charge in [0.2, 0.25) is 0 Å². The number of ether oxygens (including phenoxy) is 3. The quantitative estimate of drug-likeness (QED) is 0.254. The number of anilines is 1. The zero-order chi connectivity index (χ0) is 27.1. The highest BCUT2D eigenvalue weighted by Gasteiger charge is 2.31. The lowest BCUT2D eigenvalue weighted by Crippen LogP contribution is -2.05. The first-order valence-electron chi connectivity index (χ1n) is 12.2. The van der Waals surface area contributed by atoms with Gasteiger partial charge in [0.25, 0.3) is 0 Å². The van der Waals surface area contributed by atoms with Gasteiger partial charge in [-0.3, -0.25) is 0 Å². The number of alkyl halides is 3. The standard InChI is InChI=1S/C29H23F3N4O3/c1-17-25-24(15-37-17)36(27-26(25)34-16-35-28(27)33)20-9-11-21(12-10-20)39-23-4-2-3-22(13-23)38-14-18-5-7-19(8-6-18)29(30,31)32/h2-13,16-17H,14-15H2,1H3,(H2,33,34,35). The molecule has 0 saturated heterocycles. The number of hydrogen-bond donors (Lipinski definition) is 1. The minimum atomic E-state index is -4.37. The van der Waals surface area contributed by atoms with Crippen molar-refractivity contribution >= 4 is 16.9 Å². The van der Waals surface area contributed by atoms with Crippen molar-refractivity contribution in [3.05, 3.63) is 102 Å². The SMILES string of the molecule is CC1OCc2c1c1ncnc(N)c1n2-c1ccc(Oc2cccc(OCc3ccc(C(F)(F)F)cc3)c2)cc1. The van der Waals surface area contributed by atoms with E-state index in [0.29, 0.717) is 35.2 Å². The predicted octanol–water partition coefficient (Wildman–Crippen LogP) is 6.98. The van der Waals surface area contributed by atoms with Crippen LogP contribution in [0.25, 0.3) is 16.7 Å². The molecule has 10 heteroatoms. The molecule has 198 valence electrons. The molecule has 3 heterocycles. The van der Waals surface area contributed by atoms with Gasteiger partial charge >= 0.3 is 6.18 Å². The second kappa shape index (κ2) is 9.63. The van der Waals surface area contributed by atoms with Crippen LogP contribution in [0, 0.1) is 0 Å². The Bertz CT molecular complexity index is 1650. The lowest BCUT2D eigenvalue weighted by atomic mass is 10.1. The predicted molar refractivity (Wildman–Crippen MR) is 139 cm³/mol. The molecule has 0 saturated carbocycles. The largest absolute Gasteiger partial charge is 0.489 e. The molecule has 0 aliphatic carbocycles. The van der Waals surface area contributed by atoms with E-state index in [0.717, 1.165) is 40.1 Å². The molecule has 6 rings (SSSR count). The van der Waals surface area contributed by atoms with Crippen LogP contribution in [0.15, 0.2) is 79.1 Å². The molecule has 0 radical (unpaired) electrons. The number of fused-ring (bicyclic) bond motifs is 3. The van der Waals surface area contributed by atoms with Gasteiger partial charge in [-0.25, -0.2) is 9.97 Å². The third-order valence-corrected chi connectivity index (χ3v) is 6.61. The minimum absolute atomic E-state index is 0.0885. The first kappa shape index (κ1) is 24.7. The number of halogens is 3. The van der Waals surface area contributed by atoms with E-state index in [1.807, 2.05) is 35.8 Å². The molecule has 7 nitrogen and oxygen atoms in total. The van der Waals surface area contributed by atoms with Crippen molar-refractivity contribution < 1.29 is 27.4 Å². The smallest absolute Gasteiger partial charge is 0.416 e. The number of aromatic nitrogens is 3. The molecule has 2 N–H and O–H groups in total. The molecule has 1 atom stereocenters. The molecule has 0 spiro atoms. The van der Waals surface area contributed by atoms with Crippen LogP contribution in [-0.2, 0) is 24.1 Å². The van der Waals surface area contributed by atoms with Crippen molar-refractivity contribution in [2.75, 3.05) is 5.73 Å². The fourth-order valence-electron chi connectivity index (χ4n) is 4.73. The van der Waals surface area contributed by atoms with Crippen LogP contribution in [0.4, 0.5) is 19.0 Å². The van der Waals surface area contributed by atoms with Crippen molar-refractivity contribution in [2.45, 2.75) is 32.4 Å². The average molecular weight is 533 g/mol. The molecule has 5 aromatic rings. The van der Waals surface area contributed by atoms with Gasteiger partial charge < -0.3 is 24.5 Å². The molecular weight excluding hydrogens is 509 g/mol. The molecule has 1 aliphatic heterocycles. The summed E-state index contributed by atoms with van der Waals surface area (Å²) in [5, 5.41) is 0. The molecule has 2 aromatic heterocycles. The van der Waals surface area contributed by atoms with Crippen LogP contribution in [0.5, 0.6) is 17.2 Å². The third-order valence-electron chi connectivity index (χ3n) is 6.61. The second-order valence-electron chi connectivity index (χ2n) is 9.16. The third kappa shape index (κ3) is 4.74. The summed E-state index contributed by atoms with van der Waals surface area (Å²) >= 11 is 0. The van der Waals surface area contributed by atoms with Crippen molar-refractivity contribution in [2.24, 2.45) is 0 Å². The van der Waals surface area contributed by atoms with Gasteiger partial charge in [0.15, 0.2) is 5.82 Å². The summed E-state index contributed by atoms with van der Waals surface area (Å²) in [5.41, 5.74) is 10.6. The van der Waals surface area contributed by atoms with Crippen LogP contribution in [0.3, 0.4) is 0 Å². The van der Waals surface area contributed by atoms with Gasteiger partial charge in [-0.15, -0.1) is 0 Å². The number of nitrogens with zero attached hydrogens (tertiary/aromatic N) is 3. The number of nitrogen functional groups attached to an aromatic ring is 1. The fourth-order valence-corrected chi connectivity index (χ4v) is 4.73. The van der Waals surface area contributed by atoms with E-state index >= 15 is 0 Å². The van der Waals surface area contributed by atoms with Crippen molar-refractivity contribution in [3.8, 4) is 22.9 Å². The lowest BCUT2D eigenvalue weighted by Gasteiger charge is -2.12. The molecule has 0 fully saturated rings. The number of benzene rings is 3. The molecule has 0 bridgehead atoms. The normalized spacial score (nSPS) is 14.9. The second-order valence-corrected chi connectivity index (χ2v) is 9.16.